The molecule has 0 aromatic rings. The third-order valence-corrected chi connectivity index (χ3v) is 1.61. The SMILES string of the molecule is NC(=S)[N-]C(N)=S.NC(=S)[N-]C(N)=S.NC(=S)[N-]C(N)=S.NC(=S)[N-]C(N)=S.[Mo+4]. The Morgan fingerprint density at radius 1 is 0.310 bits per heavy atom. The minimum atomic E-state index is -0.0208. The summed E-state index contributed by atoms with van der Waals surface area (Å²) in [6, 6.07) is 0. The summed E-state index contributed by atoms with van der Waals surface area (Å²) in [5.41, 5.74) is 39.1. The minimum Gasteiger partial charge on any atom is -0.447 e. The molecule has 0 saturated carbocycles. The minimum absolute atomic E-state index is 0. The van der Waals surface area contributed by atoms with Gasteiger partial charge >= 0.3 is 21.1 Å². The first kappa shape index (κ1) is 38.6. The maximum Gasteiger partial charge on any atom is 4.00 e. The van der Waals surface area contributed by atoms with Crippen LogP contribution in [0, 0.1) is 0 Å². The van der Waals surface area contributed by atoms with E-state index in [9.17, 15) is 0 Å². The summed E-state index contributed by atoms with van der Waals surface area (Å²) in [7, 11) is 0. The molecule has 0 spiro atoms. The quantitative estimate of drug-likeness (QED) is 0.122. The Hall–Kier alpha value is -0.992. The molecule has 0 unspecified atom stereocenters. The fourth-order valence-corrected chi connectivity index (χ4v) is 1.45. The Bertz CT molecular complexity index is 459. The molecule has 162 valence electrons. The number of rotatable bonds is 0. The predicted molar refractivity (Wildman–Crippen MR) is 148 cm³/mol. The molecular weight excluding hydrogens is 617 g/mol. The summed E-state index contributed by atoms with van der Waals surface area (Å²) < 4.78 is 0. The van der Waals surface area contributed by atoms with E-state index >= 15 is 0 Å². The van der Waals surface area contributed by atoms with Crippen LogP contribution in [-0.4, -0.2) is 40.9 Å². The summed E-state index contributed by atoms with van der Waals surface area (Å²) in [6.45, 7) is 0. The third kappa shape index (κ3) is 75.0. The number of hydrogen-bond donors (Lipinski definition) is 8. The Morgan fingerprint density at radius 3 is 0.379 bits per heavy atom. The van der Waals surface area contributed by atoms with Crippen molar-refractivity contribution in [2.24, 2.45) is 45.9 Å². The predicted octanol–water partition coefficient (Wildman–Crippen LogP) is -0.613. The fourth-order valence-electron chi connectivity index (χ4n) is 0.434. The molecular formula is C8H16MoN12S8. The summed E-state index contributed by atoms with van der Waals surface area (Å²) in [4.78, 5) is 0. The molecule has 0 aliphatic rings. The van der Waals surface area contributed by atoms with Crippen LogP contribution in [-0.2, 0) is 21.1 Å². The molecule has 0 heterocycles. The summed E-state index contributed by atoms with van der Waals surface area (Å²) in [5, 5.41) is 13.0. The standard InChI is InChI=1S/4C2H5N3S2.Mo/c4*3-1(6)5-2(4)7;/h4*(H5,3,4,5,6,7);/q;;;;+4/p-4. The fraction of sp³-hybridized carbons (Fsp3) is 0. The van der Waals surface area contributed by atoms with Gasteiger partial charge in [0.05, 0.1) is 40.9 Å². The topological polar surface area (TPSA) is 265 Å². The summed E-state index contributed by atoms with van der Waals surface area (Å²) in [6.07, 6.45) is 0. The van der Waals surface area contributed by atoms with Crippen molar-refractivity contribution in [2.75, 3.05) is 0 Å². The molecule has 0 amide bonds. The smallest absolute Gasteiger partial charge is 0.447 e. The van der Waals surface area contributed by atoms with Crippen molar-refractivity contribution in [3.05, 3.63) is 21.3 Å². The van der Waals surface area contributed by atoms with E-state index in [1.165, 1.54) is 0 Å². The van der Waals surface area contributed by atoms with Gasteiger partial charge in [0, 0.05) is 0 Å². The second-order valence-corrected chi connectivity index (χ2v) is 6.50. The Morgan fingerprint density at radius 2 is 0.379 bits per heavy atom. The van der Waals surface area contributed by atoms with Crippen LogP contribution in [0.25, 0.3) is 21.3 Å². The van der Waals surface area contributed by atoms with Gasteiger partial charge in [0.15, 0.2) is 0 Å². The maximum atomic E-state index is 4.89. The van der Waals surface area contributed by atoms with E-state index < -0.39 is 0 Å². The van der Waals surface area contributed by atoms with E-state index in [2.05, 4.69) is 119 Å². The molecule has 0 saturated heterocycles. The van der Waals surface area contributed by atoms with Crippen molar-refractivity contribution in [3.8, 4) is 0 Å². The monoisotopic (exact) mass is 634 g/mol. The van der Waals surface area contributed by atoms with Gasteiger partial charge in [-0.05, 0) is 0 Å². The van der Waals surface area contributed by atoms with Crippen molar-refractivity contribution >= 4 is 139 Å². The Balaban J connectivity index is -0.0000000873. The molecule has 29 heavy (non-hydrogen) atoms. The van der Waals surface area contributed by atoms with Crippen LogP contribution < -0.4 is 45.9 Å². The van der Waals surface area contributed by atoms with E-state index in [4.69, 9.17) is 45.9 Å². The van der Waals surface area contributed by atoms with Crippen molar-refractivity contribution in [1.82, 2.24) is 0 Å². The van der Waals surface area contributed by atoms with Crippen LogP contribution in [0.15, 0.2) is 0 Å². The molecule has 0 bridgehead atoms. The second kappa shape index (κ2) is 25.0. The third-order valence-electron chi connectivity index (χ3n) is 0.882. The molecule has 0 fully saturated rings. The van der Waals surface area contributed by atoms with Crippen LogP contribution >= 0.6 is 97.7 Å². The summed E-state index contributed by atoms with van der Waals surface area (Å²) in [5.74, 6) is 0. The van der Waals surface area contributed by atoms with Crippen molar-refractivity contribution in [2.45, 2.75) is 0 Å². The van der Waals surface area contributed by atoms with Gasteiger partial charge in [-0.15, -0.1) is 0 Å². The first-order valence-electron chi connectivity index (χ1n) is 5.73. The second-order valence-electron chi connectivity index (χ2n) is 3.15. The van der Waals surface area contributed by atoms with Crippen LogP contribution in [0.4, 0.5) is 0 Å². The van der Waals surface area contributed by atoms with Crippen molar-refractivity contribution in [3.63, 3.8) is 0 Å². The number of hydrogen-bond acceptors (Lipinski definition) is 8. The van der Waals surface area contributed by atoms with Crippen molar-refractivity contribution in [1.29, 1.82) is 0 Å². The van der Waals surface area contributed by atoms with Gasteiger partial charge in [-0.1, -0.05) is 97.7 Å². The van der Waals surface area contributed by atoms with Gasteiger partial charge in [-0.3, -0.25) is 0 Å². The normalized spacial score (nSPS) is 7.17. The van der Waals surface area contributed by atoms with Gasteiger partial charge in [-0.25, -0.2) is 0 Å². The van der Waals surface area contributed by atoms with E-state index in [1.807, 2.05) is 0 Å². The van der Waals surface area contributed by atoms with E-state index in [-0.39, 0.29) is 62.0 Å². The number of thiocarbonyl (C=S) groups is 8. The number of nitrogens with zero attached hydrogens (tertiary/aromatic N) is 4. The van der Waals surface area contributed by atoms with Crippen molar-refractivity contribution < 1.29 is 21.1 Å². The Labute approximate surface area is 224 Å². The molecule has 0 atom stereocenters. The average molecular weight is 633 g/mol. The van der Waals surface area contributed by atoms with Crippen LogP contribution in [0.1, 0.15) is 0 Å². The maximum absolute atomic E-state index is 4.89. The average Bonchev–Trinajstić information content (AvgIpc) is 2.32. The summed E-state index contributed by atoms with van der Waals surface area (Å²) >= 11 is 34.5. The molecule has 12 nitrogen and oxygen atoms in total. The van der Waals surface area contributed by atoms with Crippen LogP contribution in [0.2, 0.25) is 0 Å². The van der Waals surface area contributed by atoms with Gasteiger partial charge in [0.1, 0.15) is 0 Å². The molecule has 0 aliphatic heterocycles. The van der Waals surface area contributed by atoms with Gasteiger partial charge in [-0.2, -0.15) is 0 Å². The van der Waals surface area contributed by atoms with E-state index in [0.29, 0.717) is 0 Å². The molecule has 16 N–H and O–H groups in total. The van der Waals surface area contributed by atoms with Gasteiger partial charge in [0.25, 0.3) is 0 Å². The zero-order chi connectivity index (χ0) is 23.4. The molecule has 0 rings (SSSR count). The Kier molecular flexibility index (Phi) is 33.3. The first-order chi connectivity index (χ1) is 12.5. The molecule has 21 heteroatoms. The molecule has 0 aromatic carbocycles. The van der Waals surface area contributed by atoms with Crippen LogP contribution in [0.5, 0.6) is 0 Å². The molecule has 0 aromatic heterocycles. The van der Waals surface area contributed by atoms with Gasteiger partial charge < -0.3 is 67.1 Å². The van der Waals surface area contributed by atoms with Gasteiger partial charge in [0.2, 0.25) is 0 Å². The van der Waals surface area contributed by atoms with Crippen LogP contribution in [0.3, 0.4) is 0 Å². The van der Waals surface area contributed by atoms with E-state index in [1.54, 1.807) is 0 Å². The van der Waals surface area contributed by atoms with E-state index in [0.717, 1.165) is 0 Å². The largest absolute Gasteiger partial charge is 4.00 e. The molecule has 0 aliphatic carbocycles. The first-order valence-corrected chi connectivity index (χ1v) is 9.00. The number of nitrogens with two attached hydrogens (primary N) is 8. The molecule has 0 radical (unpaired) electrons. The zero-order valence-electron chi connectivity index (χ0n) is 14.1. The zero-order valence-corrected chi connectivity index (χ0v) is 22.6.